The van der Waals surface area contributed by atoms with Gasteiger partial charge in [0.25, 0.3) is 0 Å². The minimum atomic E-state index is -0.165. The van der Waals surface area contributed by atoms with Gasteiger partial charge in [0.05, 0.1) is 11.6 Å². The lowest BCUT2D eigenvalue weighted by Gasteiger charge is -2.01. The smallest absolute Gasteiger partial charge is 0.211 e. The Bertz CT molecular complexity index is 594. The van der Waals surface area contributed by atoms with Crippen LogP contribution in [-0.4, -0.2) is 10.8 Å². The molecular formula is C14H10N2O. The minimum Gasteiger partial charge on any atom is -0.287 e. The predicted octanol–water partition coefficient (Wildman–Crippen LogP) is 2.49. The van der Waals surface area contributed by atoms with E-state index in [1.807, 2.05) is 19.1 Å². The highest BCUT2D eigenvalue weighted by Gasteiger charge is 2.10. The quantitative estimate of drug-likeness (QED) is 0.733. The maximum Gasteiger partial charge on any atom is 0.211 e. The molecule has 1 aromatic carbocycles. The molecule has 0 saturated carbocycles. The Morgan fingerprint density at radius 2 is 2.12 bits per heavy atom. The summed E-state index contributed by atoms with van der Waals surface area (Å²) in [7, 11) is 0. The number of carbonyl (C=O) groups is 1. The standard InChI is InChI=1S/C14H10N2O/c1-10-5-6-13(16-9-10)14(17)12-4-2-3-11(7-12)8-15/h2-7,9H,1H3. The van der Waals surface area contributed by atoms with E-state index in [4.69, 9.17) is 5.26 Å². The van der Waals surface area contributed by atoms with Crippen molar-refractivity contribution in [3.63, 3.8) is 0 Å². The Labute approximate surface area is 99.4 Å². The molecule has 0 saturated heterocycles. The van der Waals surface area contributed by atoms with Gasteiger partial charge in [0.2, 0.25) is 5.78 Å². The fourth-order valence-electron chi connectivity index (χ4n) is 1.48. The second kappa shape index (κ2) is 4.58. The number of hydrogen-bond donors (Lipinski definition) is 0. The maximum atomic E-state index is 12.1. The van der Waals surface area contributed by atoms with Crippen LogP contribution < -0.4 is 0 Å². The molecule has 1 heterocycles. The molecule has 0 spiro atoms. The highest BCUT2D eigenvalue weighted by atomic mass is 16.1. The number of carbonyl (C=O) groups excluding carboxylic acids is 1. The lowest BCUT2D eigenvalue weighted by molar-refractivity contribution is 0.103. The summed E-state index contributed by atoms with van der Waals surface area (Å²) in [6.45, 7) is 1.91. The molecule has 3 nitrogen and oxygen atoms in total. The Kier molecular flexibility index (Phi) is 2.97. The Morgan fingerprint density at radius 3 is 2.76 bits per heavy atom. The summed E-state index contributed by atoms with van der Waals surface area (Å²) in [5.74, 6) is -0.165. The molecule has 0 fully saturated rings. The van der Waals surface area contributed by atoms with Gasteiger partial charge in [-0.3, -0.25) is 9.78 Å². The van der Waals surface area contributed by atoms with Crippen molar-refractivity contribution in [2.24, 2.45) is 0 Å². The zero-order valence-electron chi connectivity index (χ0n) is 9.34. The average Bonchev–Trinajstić information content (AvgIpc) is 2.39. The normalized spacial score (nSPS) is 9.65. The first-order chi connectivity index (χ1) is 8.20. The largest absolute Gasteiger partial charge is 0.287 e. The van der Waals surface area contributed by atoms with Crippen molar-refractivity contribution in [2.45, 2.75) is 6.92 Å². The van der Waals surface area contributed by atoms with Crippen LogP contribution in [0, 0.1) is 18.3 Å². The van der Waals surface area contributed by atoms with Gasteiger partial charge in [-0.25, -0.2) is 0 Å². The van der Waals surface area contributed by atoms with Crippen LogP contribution in [0.3, 0.4) is 0 Å². The van der Waals surface area contributed by atoms with E-state index in [-0.39, 0.29) is 5.78 Å². The van der Waals surface area contributed by atoms with Crippen molar-refractivity contribution in [1.29, 1.82) is 5.26 Å². The number of nitrogens with zero attached hydrogens (tertiary/aromatic N) is 2. The first-order valence-electron chi connectivity index (χ1n) is 5.18. The van der Waals surface area contributed by atoms with Gasteiger partial charge < -0.3 is 0 Å². The average molecular weight is 222 g/mol. The van der Waals surface area contributed by atoms with Gasteiger partial charge in [-0.15, -0.1) is 0 Å². The molecule has 3 heteroatoms. The fourth-order valence-corrected chi connectivity index (χ4v) is 1.48. The molecule has 0 aliphatic rings. The Morgan fingerprint density at radius 1 is 1.29 bits per heavy atom. The van der Waals surface area contributed by atoms with E-state index in [0.29, 0.717) is 16.8 Å². The summed E-state index contributed by atoms with van der Waals surface area (Å²) in [6, 6.07) is 12.2. The fraction of sp³-hybridized carbons (Fsp3) is 0.0714. The molecule has 0 atom stereocenters. The number of aromatic nitrogens is 1. The van der Waals surface area contributed by atoms with E-state index in [9.17, 15) is 4.79 Å². The summed E-state index contributed by atoms with van der Waals surface area (Å²) in [6.07, 6.45) is 1.65. The number of pyridine rings is 1. The molecule has 0 aliphatic carbocycles. The van der Waals surface area contributed by atoms with Gasteiger partial charge in [0.1, 0.15) is 5.69 Å². The second-order valence-electron chi connectivity index (χ2n) is 3.74. The Hall–Kier alpha value is -2.47. The van der Waals surface area contributed by atoms with E-state index in [0.717, 1.165) is 5.56 Å². The van der Waals surface area contributed by atoms with Crippen molar-refractivity contribution < 1.29 is 4.79 Å². The summed E-state index contributed by atoms with van der Waals surface area (Å²) in [5, 5.41) is 8.77. The Balaban J connectivity index is 2.37. The number of rotatable bonds is 2. The first-order valence-corrected chi connectivity index (χ1v) is 5.18. The molecule has 0 radical (unpaired) electrons. The van der Waals surface area contributed by atoms with E-state index in [2.05, 4.69) is 4.98 Å². The number of benzene rings is 1. The van der Waals surface area contributed by atoms with Crippen LogP contribution >= 0.6 is 0 Å². The van der Waals surface area contributed by atoms with Crippen LogP contribution in [0.1, 0.15) is 27.2 Å². The van der Waals surface area contributed by atoms with Crippen molar-refractivity contribution in [1.82, 2.24) is 4.98 Å². The minimum absolute atomic E-state index is 0.165. The third-order valence-corrected chi connectivity index (χ3v) is 2.40. The molecule has 17 heavy (non-hydrogen) atoms. The monoisotopic (exact) mass is 222 g/mol. The zero-order chi connectivity index (χ0) is 12.3. The van der Waals surface area contributed by atoms with Crippen molar-refractivity contribution in [3.05, 3.63) is 65.0 Å². The molecule has 82 valence electrons. The number of hydrogen-bond acceptors (Lipinski definition) is 3. The van der Waals surface area contributed by atoms with Gasteiger partial charge in [0, 0.05) is 11.8 Å². The van der Waals surface area contributed by atoms with Gasteiger partial charge >= 0.3 is 0 Å². The molecule has 1 aromatic heterocycles. The first kappa shape index (κ1) is 11.0. The molecule has 2 aromatic rings. The summed E-state index contributed by atoms with van der Waals surface area (Å²) in [4.78, 5) is 16.1. The van der Waals surface area contributed by atoms with Crippen molar-refractivity contribution in [2.75, 3.05) is 0 Å². The molecule has 0 unspecified atom stereocenters. The van der Waals surface area contributed by atoms with E-state index >= 15 is 0 Å². The van der Waals surface area contributed by atoms with Crippen LogP contribution in [0.15, 0.2) is 42.6 Å². The van der Waals surface area contributed by atoms with E-state index in [1.165, 1.54) is 0 Å². The van der Waals surface area contributed by atoms with Crippen LogP contribution in [0.4, 0.5) is 0 Å². The maximum absolute atomic E-state index is 12.1. The van der Waals surface area contributed by atoms with E-state index < -0.39 is 0 Å². The SMILES string of the molecule is Cc1ccc(C(=O)c2cccc(C#N)c2)nc1. The zero-order valence-corrected chi connectivity index (χ0v) is 9.34. The molecular weight excluding hydrogens is 212 g/mol. The van der Waals surface area contributed by atoms with Gasteiger partial charge in [0.15, 0.2) is 0 Å². The van der Waals surface area contributed by atoms with E-state index in [1.54, 1.807) is 36.5 Å². The van der Waals surface area contributed by atoms with Crippen molar-refractivity contribution in [3.8, 4) is 6.07 Å². The number of aryl methyl sites for hydroxylation is 1. The molecule has 0 bridgehead atoms. The third-order valence-electron chi connectivity index (χ3n) is 2.40. The predicted molar refractivity (Wildman–Crippen MR) is 63.6 cm³/mol. The van der Waals surface area contributed by atoms with Crippen molar-refractivity contribution >= 4 is 5.78 Å². The lowest BCUT2D eigenvalue weighted by Crippen LogP contribution is -2.04. The molecule has 0 aliphatic heterocycles. The van der Waals surface area contributed by atoms with Crippen LogP contribution in [0.2, 0.25) is 0 Å². The van der Waals surface area contributed by atoms with Crippen LogP contribution in [-0.2, 0) is 0 Å². The topological polar surface area (TPSA) is 53.8 Å². The highest BCUT2D eigenvalue weighted by Crippen LogP contribution is 2.10. The molecule has 2 rings (SSSR count). The summed E-state index contributed by atoms with van der Waals surface area (Å²) >= 11 is 0. The highest BCUT2D eigenvalue weighted by molar-refractivity contribution is 6.07. The third kappa shape index (κ3) is 2.37. The van der Waals surface area contributed by atoms with Gasteiger partial charge in [-0.2, -0.15) is 5.26 Å². The van der Waals surface area contributed by atoms with Crippen LogP contribution in [0.25, 0.3) is 0 Å². The number of ketones is 1. The van der Waals surface area contributed by atoms with Crippen LogP contribution in [0.5, 0.6) is 0 Å². The summed E-state index contributed by atoms with van der Waals surface area (Å²) in [5.41, 5.74) is 2.36. The summed E-state index contributed by atoms with van der Waals surface area (Å²) < 4.78 is 0. The van der Waals surface area contributed by atoms with Gasteiger partial charge in [-0.1, -0.05) is 18.2 Å². The molecule has 0 amide bonds. The van der Waals surface area contributed by atoms with Gasteiger partial charge in [-0.05, 0) is 30.7 Å². The lowest BCUT2D eigenvalue weighted by atomic mass is 10.0. The molecule has 0 N–H and O–H groups in total. The second-order valence-corrected chi connectivity index (χ2v) is 3.74. The number of nitriles is 1.